The zero-order chi connectivity index (χ0) is 18.4. The highest BCUT2D eigenvalue weighted by molar-refractivity contribution is 5.85. The summed E-state index contributed by atoms with van der Waals surface area (Å²) in [5.41, 5.74) is -1.96. The van der Waals surface area contributed by atoms with Crippen molar-refractivity contribution in [3.63, 3.8) is 0 Å². The molecule has 4 N–H and O–H groups in total. The number of aromatic hydroxyl groups is 4. The highest BCUT2D eigenvalue weighted by atomic mass is 19.4. The average molecular weight is 352 g/mol. The van der Waals surface area contributed by atoms with Gasteiger partial charge in [-0.15, -0.1) is 13.2 Å². The Bertz CT molecular complexity index is 793. The molecule has 2 aromatic rings. The van der Waals surface area contributed by atoms with Gasteiger partial charge in [0.1, 0.15) is 11.6 Å². The summed E-state index contributed by atoms with van der Waals surface area (Å²) in [6, 6.07) is 1.22. The first-order valence-electron chi connectivity index (χ1n) is 6.15. The Balaban J connectivity index is 2.80. The Morgan fingerprint density at radius 1 is 0.833 bits per heavy atom. The second kappa shape index (κ2) is 5.62. The van der Waals surface area contributed by atoms with Crippen molar-refractivity contribution >= 4 is 0 Å². The van der Waals surface area contributed by atoms with E-state index in [9.17, 15) is 42.4 Å². The van der Waals surface area contributed by atoms with E-state index in [1.807, 2.05) is 0 Å². The van der Waals surface area contributed by atoms with Gasteiger partial charge in [-0.2, -0.15) is 0 Å². The maximum absolute atomic E-state index is 13.6. The minimum absolute atomic E-state index is 0.410. The molecule has 0 heterocycles. The van der Waals surface area contributed by atoms with Gasteiger partial charge in [0.05, 0.1) is 5.56 Å². The third-order valence-corrected chi connectivity index (χ3v) is 3.14. The van der Waals surface area contributed by atoms with Crippen LogP contribution in [0.1, 0.15) is 5.56 Å². The summed E-state index contributed by atoms with van der Waals surface area (Å²) in [6.07, 6.45) is -5.36. The van der Waals surface area contributed by atoms with Crippen molar-refractivity contribution in [1.82, 2.24) is 0 Å². The maximum atomic E-state index is 13.6. The van der Waals surface area contributed by atoms with Crippen LogP contribution < -0.4 is 4.74 Å². The second-order valence-electron chi connectivity index (χ2n) is 4.71. The molecule has 0 aliphatic heterocycles. The Morgan fingerprint density at radius 2 is 1.33 bits per heavy atom. The van der Waals surface area contributed by atoms with E-state index in [0.717, 1.165) is 6.92 Å². The van der Waals surface area contributed by atoms with Crippen molar-refractivity contribution in [3.8, 4) is 39.9 Å². The molecule has 0 bridgehead atoms. The summed E-state index contributed by atoms with van der Waals surface area (Å²) in [5, 5.41) is 38.5. The Hall–Kier alpha value is -2.91. The lowest BCUT2D eigenvalue weighted by Crippen LogP contribution is -2.17. The van der Waals surface area contributed by atoms with Gasteiger partial charge in [-0.3, -0.25) is 0 Å². The van der Waals surface area contributed by atoms with Crippen molar-refractivity contribution < 1.29 is 47.1 Å². The molecule has 0 saturated carbocycles. The van der Waals surface area contributed by atoms with Crippen molar-refractivity contribution in [1.29, 1.82) is 0 Å². The molecule has 0 saturated heterocycles. The molecule has 0 radical (unpaired) electrons. The number of alkyl halides is 3. The normalized spacial score (nSPS) is 11.6. The van der Waals surface area contributed by atoms with Gasteiger partial charge in [0.15, 0.2) is 11.5 Å². The molecule has 10 heteroatoms. The predicted molar refractivity (Wildman–Crippen MR) is 69.9 cm³/mol. The van der Waals surface area contributed by atoms with Crippen molar-refractivity contribution in [2.45, 2.75) is 13.3 Å². The molecule has 0 aliphatic rings. The molecule has 0 fully saturated rings. The van der Waals surface area contributed by atoms with Gasteiger partial charge in [0.25, 0.3) is 0 Å². The molecule has 0 aromatic heterocycles. The molecule has 0 aliphatic carbocycles. The lowest BCUT2D eigenvalue weighted by Gasteiger charge is -2.17. The first kappa shape index (κ1) is 17.4. The molecule has 130 valence electrons. The van der Waals surface area contributed by atoms with Gasteiger partial charge in [-0.25, -0.2) is 8.78 Å². The molecule has 5 nitrogen and oxygen atoms in total. The summed E-state index contributed by atoms with van der Waals surface area (Å²) >= 11 is 0. The lowest BCUT2D eigenvalue weighted by molar-refractivity contribution is -0.275. The monoisotopic (exact) mass is 352 g/mol. The number of rotatable bonds is 2. The van der Waals surface area contributed by atoms with Gasteiger partial charge >= 0.3 is 6.36 Å². The van der Waals surface area contributed by atoms with E-state index < -0.39 is 63.4 Å². The summed E-state index contributed by atoms with van der Waals surface area (Å²) in [6.45, 7) is 1.08. The number of phenols is 4. The Kier molecular flexibility index (Phi) is 4.09. The summed E-state index contributed by atoms with van der Waals surface area (Å²) < 4.78 is 67.6. The minimum atomic E-state index is -5.36. The van der Waals surface area contributed by atoms with Gasteiger partial charge in [-0.1, -0.05) is 0 Å². The smallest absolute Gasteiger partial charge is 0.504 e. The largest absolute Gasteiger partial charge is 0.573 e. The average Bonchev–Trinajstić information content (AvgIpc) is 2.46. The van der Waals surface area contributed by atoms with Crippen LogP contribution in [0, 0.1) is 18.6 Å². The lowest BCUT2D eigenvalue weighted by atomic mass is 9.99. The van der Waals surface area contributed by atoms with E-state index in [1.54, 1.807) is 0 Å². The SMILES string of the molecule is Cc1c(F)cc(-c2c(O)c(O)c(O)c(OC(F)(F)F)c2O)cc1F. The van der Waals surface area contributed by atoms with Crippen LogP contribution in [-0.2, 0) is 0 Å². The Morgan fingerprint density at radius 3 is 1.79 bits per heavy atom. The van der Waals surface area contributed by atoms with E-state index >= 15 is 0 Å². The third-order valence-electron chi connectivity index (χ3n) is 3.14. The van der Waals surface area contributed by atoms with Gasteiger partial charge in [0, 0.05) is 5.56 Å². The summed E-state index contributed by atoms with van der Waals surface area (Å²) in [7, 11) is 0. The van der Waals surface area contributed by atoms with Crippen LogP contribution in [0.15, 0.2) is 12.1 Å². The number of hydrogen-bond donors (Lipinski definition) is 4. The molecule has 24 heavy (non-hydrogen) atoms. The maximum Gasteiger partial charge on any atom is 0.573 e. The third kappa shape index (κ3) is 2.94. The van der Waals surface area contributed by atoms with E-state index in [1.165, 1.54) is 0 Å². The number of hydrogen-bond acceptors (Lipinski definition) is 5. The first-order chi connectivity index (χ1) is 10.9. The van der Waals surface area contributed by atoms with Gasteiger partial charge < -0.3 is 25.2 Å². The zero-order valence-corrected chi connectivity index (χ0v) is 11.7. The standard InChI is InChI=1S/C14H9F5O5/c1-4-6(15)2-5(3-7(4)16)8-9(20)11(22)12(23)13(10(8)21)24-14(17,18)19/h2-3,20-23H,1H3. The Labute approximate surface area is 130 Å². The minimum Gasteiger partial charge on any atom is -0.504 e. The van der Waals surface area contributed by atoms with Crippen LogP contribution in [0.3, 0.4) is 0 Å². The van der Waals surface area contributed by atoms with Gasteiger partial charge in [0.2, 0.25) is 17.2 Å². The fraction of sp³-hybridized carbons (Fsp3) is 0.143. The van der Waals surface area contributed by atoms with Crippen molar-refractivity contribution in [2.24, 2.45) is 0 Å². The number of phenolic OH excluding ortho intramolecular Hbond substituents is 4. The number of halogens is 5. The molecule has 0 unspecified atom stereocenters. The molecular weight excluding hydrogens is 343 g/mol. The molecule has 2 rings (SSSR count). The fourth-order valence-electron chi connectivity index (χ4n) is 1.95. The van der Waals surface area contributed by atoms with Crippen LogP contribution in [0.4, 0.5) is 22.0 Å². The van der Waals surface area contributed by atoms with Crippen LogP contribution in [0.5, 0.6) is 28.7 Å². The van der Waals surface area contributed by atoms with E-state index in [-0.39, 0.29) is 0 Å². The predicted octanol–water partition coefficient (Wildman–Crippen LogP) is 3.66. The van der Waals surface area contributed by atoms with Crippen molar-refractivity contribution in [2.75, 3.05) is 0 Å². The molecular formula is C14H9F5O5. The first-order valence-corrected chi connectivity index (χ1v) is 6.15. The van der Waals surface area contributed by atoms with E-state index in [4.69, 9.17) is 0 Å². The number of benzene rings is 2. The van der Waals surface area contributed by atoms with Crippen LogP contribution in [0.25, 0.3) is 11.1 Å². The summed E-state index contributed by atoms with van der Waals surface area (Å²) in [5.74, 6) is -9.69. The molecule has 2 aromatic carbocycles. The zero-order valence-electron chi connectivity index (χ0n) is 11.7. The van der Waals surface area contributed by atoms with Gasteiger partial charge in [-0.05, 0) is 24.6 Å². The fourth-order valence-corrected chi connectivity index (χ4v) is 1.95. The van der Waals surface area contributed by atoms with E-state index in [0.29, 0.717) is 12.1 Å². The quantitative estimate of drug-likeness (QED) is 0.376. The number of ether oxygens (including phenoxy) is 1. The van der Waals surface area contributed by atoms with Crippen LogP contribution in [-0.4, -0.2) is 26.8 Å². The van der Waals surface area contributed by atoms with E-state index in [2.05, 4.69) is 4.74 Å². The second-order valence-corrected chi connectivity index (χ2v) is 4.71. The molecule has 0 spiro atoms. The van der Waals surface area contributed by atoms with Crippen LogP contribution >= 0.6 is 0 Å². The molecule has 0 atom stereocenters. The van der Waals surface area contributed by atoms with Crippen molar-refractivity contribution in [3.05, 3.63) is 29.3 Å². The van der Waals surface area contributed by atoms with Crippen LogP contribution in [0.2, 0.25) is 0 Å². The topological polar surface area (TPSA) is 90.2 Å². The highest BCUT2D eigenvalue weighted by Gasteiger charge is 2.37. The highest BCUT2D eigenvalue weighted by Crippen LogP contribution is 2.56. The summed E-state index contributed by atoms with van der Waals surface area (Å²) in [4.78, 5) is 0. The molecule has 0 amide bonds.